The Morgan fingerprint density at radius 3 is 2.42 bits per heavy atom. The lowest BCUT2D eigenvalue weighted by Crippen LogP contribution is -2.15. The van der Waals surface area contributed by atoms with E-state index in [1.165, 1.54) is 0 Å². The van der Waals surface area contributed by atoms with Crippen LogP contribution in [0.25, 0.3) is 0 Å². The summed E-state index contributed by atoms with van der Waals surface area (Å²) in [7, 11) is 3.14. The second-order valence-electron chi connectivity index (χ2n) is 5.71. The summed E-state index contributed by atoms with van der Waals surface area (Å²) in [6.45, 7) is 0. The fraction of sp³-hybridized carbons (Fsp3) is 0.278. The third-order valence-electron chi connectivity index (χ3n) is 4.11. The molecule has 1 aliphatic carbocycles. The fourth-order valence-corrected chi connectivity index (χ4v) is 3.31. The van der Waals surface area contributed by atoms with Crippen LogP contribution in [-0.2, 0) is 4.79 Å². The molecule has 1 aliphatic rings. The predicted octanol–water partition coefficient (Wildman–Crippen LogP) is 4.75. The summed E-state index contributed by atoms with van der Waals surface area (Å²) < 4.78 is 10.5. The van der Waals surface area contributed by atoms with E-state index < -0.39 is 0 Å². The molecule has 0 saturated heterocycles. The Morgan fingerprint density at radius 2 is 1.79 bits per heavy atom. The summed E-state index contributed by atoms with van der Waals surface area (Å²) in [5.74, 6) is 1.24. The first kappa shape index (κ1) is 16.9. The monoisotopic (exact) mass is 365 g/mol. The third kappa shape index (κ3) is 3.60. The van der Waals surface area contributed by atoms with Gasteiger partial charge in [0.2, 0.25) is 5.91 Å². The molecular weight excluding hydrogens is 349 g/mol. The summed E-state index contributed by atoms with van der Waals surface area (Å²) in [4.78, 5) is 12.5. The number of amides is 1. The number of anilines is 1. The van der Waals surface area contributed by atoms with Gasteiger partial charge in [0.05, 0.1) is 19.9 Å². The molecule has 4 nitrogen and oxygen atoms in total. The quantitative estimate of drug-likeness (QED) is 0.831. The number of rotatable bonds is 5. The normalized spacial score (nSPS) is 18.8. The van der Waals surface area contributed by atoms with E-state index in [0.717, 1.165) is 12.0 Å². The fourth-order valence-electron chi connectivity index (χ4n) is 2.77. The van der Waals surface area contributed by atoms with Gasteiger partial charge in [0.25, 0.3) is 0 Å². The molecule has 0 radical (unpaired) electrons. The van der Waals surface area contributed by atoms with E-state index in [1.54, 1.807) is 38.5 Å². The molecule has 6 heteroatoms. The van der Waals surface area contributed by atoms with Crippen LogP contribution in [0.5, 0.6) is 11.5 Å². The number of nitrogens with one attached hydrogen (secondary N) is 1. The minimum atomic E-state index is -0.0914. The highest BCUT2D eigenvalue weighted by molar-refractivity contribution is 6.34. The topological polar surface area (TPSA) is 47.6 Å². The Balaban J connectivity index is 1.71. The molecule has 0 unspecified atom stereocenters. The van der Waals surface area contributed by atoms with Gasteiger partial charge in [0.15, 0.2) is 0 Å². The van der Waals surface area contributed by atoms with Gasteiger partial charge >= 0.3 is 0 Å². The van der Waals surface area contributed by atoms with E-state index in [4.69, 9.17) is 32.7 Å². The number of carbonyl (C=O) groups is 1. The van der Waals surface area contributed by atoms with Crippen LogP contribution in [0.15, 0.2) is 36.4 Å². The smallest absolute Gasteiger partial charge is 0.228 e. The zero-order valence-electron chi connectivity index (χ0n) is 13.3. The molecule has 1 amide bonds. The van der Waals surface area contributed by atoms with Gasteiger partial charge in [-0.2, -0.15) is 0 Å². The second kappa shape index (κ2) is 6.91. The molecule has 0 aliphatic heterocycles. The molecule has 2 atom stereocenters. The van der Waals surface area contributed by atoms with Gasteiger partial charge in [-0.15, -0.1) is 0 Å². The molecule has 24 heavy (non-hydrogen) atoms. The molecule has 0 heterocycles. The highest BCUT2D eigenvalue weighted by Gasteiger charge is 2.44. The van der Waals surface area contributed by atoms with E-state index >= 15 is 0 Å². The zero-order chi connectivity index (χ0) is 17.3. The van der Waals surface area contributed by atoms with Crippen LogP contribution in [0.4, 0.5) is 5.69 Å². The molecule has 3 rings (SSSR count). The minimum absolute atomic E-state index is 0.0421. The van der Waals surface area contributed by atoms with Gasteiger partial charge in [0, 0.05) is 22.0 Å². The average molecular weight is 366 g/mol. The maximum absolute atomic E-state index is 12.5. The third-order valence-corrected chi connectivity index (χ3v) is 4.54. The van der Waals surface area contributed by atoms with Gasteiger partial charge in [-0.3, -0.25) is 4.79 Å². The van der Waals surface area contributed by atoms with Crippen molar-refractivity contribution < 1.29 is 14.3 Å². The van der Waals surface area contributed by atoms with Gasteiger partial charge < -0.3 is 14.8 Å². The van der Waals surface area contributed by atoms with Gasteiger partial charge in [-0.25, -0.2) is 0 Å². The Morgan fingerprint density at radius 1 is 1.08 bits per heavy atom. The average Bonchev–Trinajstić information content (AvgIpc) is 3.35. The first-order valence-corrected chi connectivity index (χ1v) is 8.26. The largest absolute Gasteiger partial charge is 0.497 e. The molecule has 1 fully saturated rings. The first-order chi connectivity index (χ1) is 11.5. The number of ether oxygens (including phenoxy) is 2. The number of halogens is 2. The molecule has 0 bridgehead atoms. The maximum Gasteiger partial charge on any atom is 0.228 e. The summed E-state index contributed by atoms with van der Waals surface area (Å²) in [5.41, 5.74) is 1.62. The van der Waals surface area contributed by atoms with Crippen molar-refractivity contribution in [2.75, 3.05) is 19.5 Å². The Labute approximate surface area is 150 Å². The maximum atomic E-state index is 12.5. The number of benzene rings is 2. The van der Waals surface area contributed by atoms with Crippen LogP contribution < -0.4 is 14.8 Å². The van der Waals surface area contributed by atoms with Crippen LogP contribution in [0.2, 0.25) is 10.0 Å². The van der Waals surface area contributed by atoms with Crippen LogP contribution in [0.1, 0.15) is 17.9 Å². The number of hydrogen-bond acceptors (Lipinski definition) is 3. The molecular formula is C18H17Cl2NO3. The Kier molecular flexibility index (Phi) is 4.88. The summed E-state index contributed by atoms with van der Waals surface area (Å²) >= 11 is 12.1. The van der Waals surface area contributed by atoms with Crippen LogP contribution in [-0.4, -0.2) is 20.1 Å². The lowest BCUT2D eigenvalue weighted by molar-refractivity contribution is -0.117. The van der Waals surface area contributed by atoms with Crippen molar-refractivity contribution in [3.8, 4) is 11.5 Å². The molecule has 2 aromatic rings. The van der Waals surface area contributed by atoms with Crippen molar-refractivity contribution in [2.24, 2.45) is 5.92 Å². The van der Waals surface area contributed by atoms with E-state index in [2.05, 4.69) is 5.32 Å². The number of carbonyl (C=O) groups excluding carboxylic acids is 1. The summed E-state index contributed by atoms with van der Waals surface area (Å²) in [6, 6.07) is 10.7. The second-order valence-corrected chi connectivity index (χ2v) is 6.58. The molecule has 1 N–H and O–H groups in total. The Hall–Kier alpha value is -1.91. The van der Waals surface area contributed by atoms with Crippen LogP contribution >= 0.6 is 23.2 Å². The van der Waals surface area contributed by atoms with Crippen molar-refractivity contribution >= 4 is 34.8 Å². The molecule has 1 saturated carbocycles. The first-order valence-electron chi connectivity index (χ1n) is 7.50. The van der Waals surface area contributed by atoms with Crippen LogP contribution in [0.3, 0.4) is 0 Å². The SMILES string of the molecule is COc1ccc(NC(=O)[C@@H]2C[C@@H]2c2cc(Cl)cc(Cl)c2)c(OC)c1. The van der Waals surface area contributed by atoms with Crippen LogP contribution in [0, 0.1) is 5.92 Å². The summed E-state index contributed by atoms with van der Waals surface area (Å²) in [6.07, 6.45) is 0.779. The minimum Gasteiger partial charge on any atom is -0.497 e. The van der Waals surface area contributed by atoms with Crippen molar-refractivity contribution in [3.05, 3.63) is 52.0 Å². The van der Waals surface area contributed by atoms with Crippen molar-refractivity contribution in [3.63, 3.8) is 0 Å². The lowest BCUT2D eigenvalue weighted by atomic mass is 10.1. The van der Waals surface area contributed by atoms with Crippen molar-refractivity contribution in [1.82, 2.24) is 0 Å². The van der Waals surface area contributed by atoms with Crippen molar-refractivity contribution in [1.29, 1.82) is 0 Å². The lowest BCUT2D eigenvalue weighted by Gasteiger charge is -2.11. The van der Waals surface area contributed by atoms with Gasteiger partial charge in [0.1, 0.15) is 11.5 Å². The highest BCUT2D eigenvalue weighted by atomic mass is 35.5. The van der Waals surface area contributed by atoms with Gasteiger partial charge in [-0.05, 0) is 48.2 Å². The van der Waals surface area contributed by atoms with E-state index in [1.807, 2.05) is 12.1 Å². The highest BCUT2D eigenvalue weighted by Crippen LogP contribution is 2.49. The molecule has 0 aromatic heterocycles. The molecule has 2 aromatic carbocycles. The molecule has 126 valence electrons. The van der Waals surface area contributed by atoms with Crippen molar-refractivity contribution in [2.45, 2.75) is 12.3 Å². The molecule has 0 spiro atoms. The van der Waals surface area contributed by atoms with E-state index in [0.29, 0.717) is 27.2 Å². The zero-order valence-corrected chi connectivity index (χ0v) is 14.8. The van der Waals surface area contributed by atoms with E-state index in [9.17, 15) is 4.79 Å². The summed E-state index contributed by atoms with van der Waals surface area (Å²) in [5, 5.41) is 4.09. The standard InChI is InChI=1S/C18H17Cl2NO3/c1-23-13-3-4-16(17(8-13)24-2)21-18(22)15-9-14(15)10-5-11(19)7-12(20)6-10/h3-8,14-15H,9H2,1-2H3,(H,21,22)/t14-,15-/m1/s1. The predicted molar refractivity (Wildman–Crippen MR) is 95.5 cm³/mol. The van der Waals surface area contributed by atoms with Gasteiger partial charge in [-0.1, -0.05) is 23.2 Å². The Bertz CT molecular complexity index is 759. The number of methoxy groups -OCH3 is 2. The number of hydrogen-bond donors (Lipinski definition) is 1. The van der Waals surface area contributed by atoms with E-state index in [-0.39, 0.29) is 17.7 Å².